The average Bonchev–Trinajstić information content (AvgIpc) is 2.52. The van der Waals surface area contributed by atoms with E-state index in [-0.39, 0.29) is 31.3 Å². The lowest BCUT2D eigenvalue weighted by Crippen LogP contribution is -2.46. The zero-order chi connectivity index (χ0) is 15.1. The number of piperidine rings is 1. The smallest absolute Gasteiger partial charge is 0.410 e. The second-order valence-electron chi connectivity index (χ2n) is 5.19. The molecular formula is C16H21NO4. The highest BCUT2D eigenvalue weighted by Crippen LogP contribution is 2.19. The molecule has 1 fully saturated rings. The molecule has 1 aromatic carbocycles. The van der Waals surface area contributed by atoms with Gasteiger partial charge in [-0.05, 0) is 24.8 Å². The summed E-state index contributed by atoms with van der Waals surface area (Å²) < 4.78 is 10.4. The molecule has 1 saturated heterocycles. The molecule has 0 saturated carbocycles. The summed E-state index contributed by atoms with van der Waals surface area (Å²) in [5.41, 5.74) is 0.958. The molecule has 0 spiro atoms. The normalized spacial score (nSPS) is 18.1. The fraction of sp³-hybridized carbons (Fsp3) is 0.500. The van der Waals surface area contributed by atoms with E-state index >= 15 is 0 Å². The van der Waals surface area contributed by atoms with Crippen molar-refractivity contribution in [3.05, 3.63) is 35.9 Å². The van der Waals surface area contributed by atoms with E-state index in [0.29, 0.717) is 6.54 Å². The first-order chi connectivity index (χ1) is 10.2. The molecule has 1 amide bonds. The van der Waals surface area contributed by atoms with Gasteiger partial charge in [-0.2, -0.15) is 0 Å². The maximum Gasteiger partial charge on any atom is 0.410 e. The molecular weight excluding hydrogens is 270 g/mol. The van der Waals surface area contributed by atoms with Gasteiger partial charge < -0.3 is 14.4 Å². The molecule has 0 radical (unpaired) electrons. The van der Waals surface area contributed by atoms with Crippen LogP contribution in [0.3, 0.4) is 0 Å². The minimum Gasteiger partial charge on any atom is -0.464 e. The fourth-order valence-corrected chi connectivity index (χ4v) is 2.43. The number of esters is 1. The van der Waals surface area contributed by atoms with E-state index in [1.165, 1.54) is 6.92 Å². The van der Waals surface area contributed by atoms with E-state index in [1.54, 1.807) is 4.90 Å². The fourth-order valence-electron chi connectivity index (χ4n) is 2.43. The first-order valence-electron chi connectivity index (χ1n) is 7.27. The molecule has 2 rings (SSSR count). The summed E-state index contributed by atoms with van der Waals surface area (Å²) in [7, 11) is 0. The molecule has 1 atom stereocenters. The van der Waals surface area contributed by atoms with Crippen LogP contribution in [0.2, 0.25) is 0 Å². The van der Waals surface area contributed by atoms with Crippen LogP contribution in [-0.4, -0.2) is 36.2 Å². The molecule has 114 valence electrons. The third kappa shape index (κ3) is 4.77. The number of hydrogen-bond acceptors (Lipinski definition) is 4. The van der Waals surface area contributed by atoms with E-state index in [2.05, 4.69) is 0 Å². The molecule has 1 aliphatic heterocycles. The van der Waals surface area contributed by atoms with Gasteiger partial charge in [0, 0.05) is 13.5 Å². The minimum atomic E-state index is -0.337. The van der Waals surface area contributed by atoms with Gasteiger partial charge in [-0.3, -0.25) is 4.79 Å². The third-order valence-electron chi connectivity index (χ3n) is 3.55. The topological polar surface area (TPSA) is 55.8 Å². The molecule has 0 aromatic heterocycles. The molecule has 1 unspecified atom stereocenters. The van der Waals surface area contributed by atoms with Crippen LogP contribution in [0.25, 0.3) is 0 Å². The maximum absolute atomic E-state index is 12.2. The first-order valence-corrected chi connectivity index (χ1v) is 7.27. The second-order valence-corrected chi connectivity index (χ2v) is 5.19. The molecule has 0 aliphatic carbocycles. The number of carbonyl (C=O) groups excluding carboxylic acids is 2. The van der Waals surface area contributed by atoms with Gasteiger partial charge in [-0.25, -0.2) is 4.79 Å². The zero-order valence-electron chi connectivity index (χ0n) is 12.3. The lowest BCUT2D eigenvalue weighted by Gasteiger charge is -2.34. The van der Waals surface area contributed by atoms with Crippen LogP contribution in [0.15, 0.2) is 30.3 Å². The quantitative estimate of drug-likeness (QED) is 0.800. The number of benzene rings is 1. The van der Waals surface area contributed by atoms with E-state index in [1.807, 2.05) is 30.3 Å². The van der Waals surface area contributed by atoms with Crippen LogP contribution in [-0.2, 0) is 20.9 Å². The summed E-state index contributed by atoms with van der Waals surface area (Å²) in [5, 5.41) is 0. The molecule has 1 aromatic rings. The van der Waals surface area contributed by atoms with Crippen molar-refractivity contribution in [2.45, 2.75) is 38.8 Å². The largest absolute Gasteiger partial charge is 0.464 e. The lowest BCUT2D eigenvalue weighted by molar-refractivity contribution is -0.143. The Morgan fingerprint density at radius 3 is 2.67 bits per heavy atom. The number of rotatable bonds is 4. The SMILES string of the molecule is CC(=O)OCC1CCCCN1C(=O)OCc1ccccc1. The van der Waals surface area contributed by atoms with Crippen LogP contribution < -0.4 is 0 Å². The average molecular weight is 291 g/mol. The van der Waals surface area contributed by atoms with Gasteiger partial charge in [0.05, 0.1) is 6.04 Å². The van der Waals surface area contributed by atoms with Crippen molar-refractivity contribution in [3.8, 4) is 0 Å². The van der Waals surface area contributed by atoms with E-state index < -0.39 is 0 Å². The predicted molar refractivity (Wildman–Crippen MR) is 77.6 cm³/mol. The summed E-state index contributed by atoms with van der Waals surface area (Å²) >= 11 is 0. The summed E-state index contributed by atoms with van der Waals surface area (Å²) in [6, 6.07) is 9.50. The van der Waals surface area contributed by atoms with E-state index in [4.69, 9.17) is 9.47 Å². The van der Waals surface area contributed by atoms with Crippen LogP contribution >= 0.6 is 0 Å². The van der Waals surface area contributed by atoms with Crippen molar-refractivity contribution in [1.82, 2.24) is 4.90 Å². The van der Waals surface area contributed by atoms with Gasteiger partial charge in [0.1, 0.15) is 13.2 Å². The predicted octanol–water partition coefficient (Wildman–Crippen LogP) is 2.74. The number of nitrogens with zero attached hydrogens (tertiary/aromatic N) is 1. The van der Waals surface area contributed by atoms with Crippen LogP contribution in [0.5, 0.6) is 0 Å². The van der Waals surface area contributed by atoms with Crippen LogP contribution in [0.1, 0.15) is 31.7 Å². The van der Waals surface area contributed by atoms with E-state index in [0.717, 1.165) is 24.8 Å². The highest BCUT2D eigenvalue weighted by Gasteiger charge is 2.28. The Kier molecular flexibility index (Phi) is 5.60. The summed E-state index contributed by atoms with van der Waals surface area (Å²) in [4.78, 5) is 24.8. The third-order valence-corrected chi connectivity index (χ3v) is 3.55. The molecule has 0 bridgehead atoms. The van der Waals surface area contributed by atoms with Crippen molar-refractivity contribution in [2.75, 3.05) is 13.2 Å². The van der Waals surface area contributed by atoms with E-state index in [9.17, 15) is 9.59 Å². The molecule has 1 heterocycles. The lowest BCUT2D eigenvalue weighted by atomic mass is 10.0. The van der Waals surface area contributed by atoms with Crippen LogP contribution in [0, 0.1) is 0 Å². The Morgan fingerprint density at radius 2 is 1.95 bits per heavy atom. The Morgan fingerprint density at radius 1 is 1.19 bits per heavy atom. The molecule has 21 heavy (non-hydrogen) atoms. The Labute approximate surface area is 124 Å². The Bertz CT molecular complexity index is 474. The van der Waals surface area contributed by atoms with Gasteiger partial charge in [0.2, 0.25) is 0 Å². The van der Waals surface area contributed by atoms with Crippen LogP contribution in [0.4, 0.5) is 4.79 Å². The highest BCUT2D eigenvalue weighted by molar-refractivity contribution is 5.68. The number of likely N-dealkylation sites (tertiary alicyclic amines) is 1. The number of amides is 1. The second kappa shape index (κ2) is 7.67. The van der Waals surface area contributed by atoms with Crippen molar-refractivity contribution in [2.24, 2.45) is 0 Å². The Balaban J connectivity index is 1.87. The Hall–Kier alpha value is -2.04. The maximum atomic E-state index is 12.2. The van der Waals surface area contributed by atoms with Gasteiger partial charge >= 0.3 is 12.1 Å². The van der Waals surface area contributed by atoms with Gasteiger partial charge in [0.25, 0.3) is 0 Å². The zero-order valence-corrected chi connectivity index (χ0v) is 12.3. The molecule has 5 nitrogen and oxygen atoms in total. The molecule has 1 aliphatic rings. The summed E-state index contributed by atoms with van der Waals surface area (Å²) in [6.45, 7) is 2.53. The summed E-state index contributed by atoms with van der Waals surface area (Å²) in [5.74, 6) is -0.321. The van der Waals surface area contributed by atoms with Crippen molar-refractivity contribution >= 4 is 12.1 Å². The number of ether oxygens (including phenoxy) is 2. The molecule has 0 N–H and O–H groups in total. The van der Waals surface area contributed by atoms with Gasteiger partial charge in [-0.1, -0.05) is 30.3 Å². The summed E-state index contributed by atoms with van der Waals surface area (Å²) in [6.07, 6.45) is 2.50. The standard InChI is InChI=1S/C16H21NO4/c1-13(18)20-12-15-9-5-6-10-17(15)16(19)21-11-14-7-3-2-4-8-14/h2-4,7-8,15H,5-6,9-12H2,1H3. The van der Waals surface area contributed by atoms with Crippen molar-refractivity contribution in [1.29, 1.82) is 0 Å². The highest BCUT2D eigenvalue weighted by atomic mass is 16.6. The van der Waals surface area contributed by atoms with Gasteiger partial charge in [-0.15, -0.1) is 0 Å². The van der Waals surface area contributed by atoms with Crippen molar-refractivity contribution in [3.63, 3.8) is 0 Å². The van der Waals surface area contributed by atoms with Crippen molar-refractivity contribution < 1.29 is 19.1 Å². The minimum absolute atomic E-state index is 0.0778. The molecule has 5 heteroatoms. The monoisotopic (exact) mass is 291 g/mol. The number of hydrogen-bond donors (Lipinski definition) is 0. The number of carbonyl (C=O) groups is 2. The van der Waals surface area contributed by atoms with Gasteiger partial charge in [0.15, 0.2) is 0 Å². The first kappa shape index (κ1) is 15.4.